The van der Waals surface area contributed by atoms with Crippen LogP contribution in [0.5, 0.6) is 0 Å². The van der Waals surface area contributed by atoms with Gasteiger partial charge in [0.05, 0.1) is 17.8 Å². The lowest BCUT2D eigenvalue weighted by atomic mass is 10.0. The SMILES string of the molecule is Cc1[nH]ncc1C(=O)N1CCCC1c1ccccc1. The molecule has 0 saturated carbocycles. The van der Waals surface area contributed by atoms with Crippen molar-refractivity contribution in [2.45, 2.75) is 25.8 Å². The molecule has 0 radical (unpaired) electrons. The molecule has 0 spiro atoms. The summed E-state index contributed by atoms with van der Waals surface area (Å²) in [6, 6.07) is 10.4. The molecule has 4 nitrogen and oxygen atoms in total. The lowest BCUT2D eigenvalue weighted by molar-refractivity contribution is 0.0735. The number of hydrogen-bond donors (Lipinski definition) is 1. The van der Waals surface area contributed by atoms with Crippen molar-refractivity contribution >= 4 is 5.91 Å². The third-order valence-electron chi connectivity index (χ3n) is 3.76. The van der Waals surface area contributed by atoms with E-state index in [1.165, 1.54) is 5.56 Å². The van der Waals surface area contributed by atoms with Crippen LogP contribution in [-0.4, -0.2) is 27.5 Å². The lowest BCUT2D eigenvalue weighted by Crippen LogP contribution is -2.30. The normalized spacial score (nSPS) is 18.8. The van der Waals surface area contributed by atoms with Crippen LogP contribution in [0.2, 0.25) is 0 Å². The first-order valence-corrected chi connectivity index (χ1v) is 6.63. The molecule has 1 N–H and O–H groups in total. The maximum absolute atomic E-state index is 12.6. The van der Waals surface area contributed by atoms with E-state index in [-0.39, 0.29) is 11.9 Å². The fourth-order valence-corrected chi connectivity index (χ4v) is 2.75. The Balaban J connectivity index is 1.88. The fraction of sp³-hybridized carbons (Fsp3) is 0.333. The van der Waals surface area contributed by atoms with Gasteiger partial charge in [-0.1, -0.05) is 30.3 Å². The van der Waals surface area contributed by atoms with E-state index in [4.69, 9.17) is 0 Å². The predicted molar refractivity (Wildman–Crippen MR) is 72.8 cm³/mol. The predicted octanol–water partition coefficient (Wildman–Crippen LogP) is 2.70. The van der Waals surface area contributed by atoms with Crippen molar-refractivity contribution in [2.75, 3.05) is 6.54 Å². The van der Waals surface area contributed by atoms with Gasteiger partial charge in [-0.3, -0.25) is 9.89 Å². The van der Waals surface area contributed by atoms with Crippen molar-refractivity contribution in [3.05, 3.63) is 53.3 Å². The summed E-state index contributed by atoms with van der Waals surface area (Å²) in [5.74, 6) is 0.0811. The number of hydrogen-bond acceptors (Lipinski definition) is 2. The molecule has 2 aromatic rings. The van der Waals surface area contributed by atoms with Crippen LogP contribution < -0.4 is 0 Å². The molecule has 1 unspecified atom stereocenters. The Kier molecular flexibility index (Phi) is 3.07. The summed E-state index contributed by atoms with van der Waals surface area (Å²) in [7, 11) is 0. The maximum atomic E-state index is 12.6. The van der Waals surface area contributed by atoms with Gasteiger partial charge in [0.2, 0.25) is 0 Å². The van der Waals surface area contributed by atoms with Gasteiger partial charge in [0.25, 0.3) is 5.91 Å². The van der Waals surface area contributed by atoms with E-state index in [0.29, 0.717) is 5.56 Å². The van der Waals surface area contributed by atoms with Crippen molar-refractivity contribution in [3.63, 3.8) is 0 Å². The zero-order valence-electron chi connectivity index (χ0n) is 11.0. The summed E-state index contributed by atoms with van der Waals surface area (Å²) < 4.78 is 0. The van der Waals surface area contributed by atoms with Crippen molar-refractivity contribution in [3.8, 4) is 0 Å². The average molecular weight is 255 g/mol. The number of rotatable bonds is 2. The highest BCUT2D eigenvalue weighted by molar-refractivity contribution is 5.95. The topological polar surface area (TPSA) is 49.0 Å². The van der Waals surface area contributed by atoms with Gasteiger partial charge in [-0.15, -0.1) is 0 Å². The first-order valence-electron chi connectivity index (χ1n) is 6.63. The summed E-state index contributed by atoms with van der Waals surface area (Å²) in [5, 5.41) is 6.77. The first kappa shape index (κ1) is 12.0. The molecule has 4 heteroatoms. The molecule has 1 saturated heterocycles. The van der Waals surface area contributed by atoms with Crippen LogP contribution in [0.3, 0.4) is 0 Å². The van der Waals surface area contributed by atoms with E-state index in [9.17, 15) is 4.79 Å². The van der Waals surface area contributed by atoms with Crippen LogP contribution in [0.4, 0.5) is 0 Å². The molecule has 0 bridgehead atoms. The number of aromatic amines is 1. The first-order chi connectivity index (χ1) is 9.27. The fourth-order valence-electron chi connectivity index (χ4n) is 2.75. The van der Waals surface area contributed by atoms with E-state index in [2.05, 4.69) is 22.3 Å². The lowest BCUT2D eigenvalue weighted by Gasteiger charge is -2.25. The van der Waals surface area contributed by atoms with Crippen LogP contribution in [0.15, 0.2) is 36.5 Å². The molecule has 3 rings (SSSR count). The number of likely N-dealkylation sites (tertiary alicyclic amines) is 1. The number of nitrogens with one attached hydrogen (secondary N) is 1. The molecule has 1 aromatic heterocycles. The third kappa shape index (κ3) is 2.14. The van der Waals surface area contributed by atoms with Gasteiger partial charge < -0.3 is 4.90 Å². The molecule has 1 fully saturated rings. The Morgan fingerprint density at radius 2 is 2.16 bits per heavy atom. The smallest absolute Gasteiger partial charge is 0.257 e. The number of aryl methyl sites for hydroxylation is 1. The second-order valence-corrected chi connectivity index (χ2v) is 4.98. The molecule has 2 heterocycles. The van der Waals surface area contributed by atoms with Crippen LogP contribution in [0.1, 0.15) is 40.5 Å². The Labute approximate surface area is 112 Å². The van der Waals surface area contributed by atoms with E-state index >= 15 is 0 Å². The highest BCUT2D eigenvalue weighted by atomic mass is 16.2. The summed E-state index contributed by atoms with van der Waals surface area (Å²) in [6.45, 7) is 2.71. The van der Waals surface area contributed by atoms with Gasteiger partial charge in [0, 0.05) is 12.2 Å². The van der Waals surface area contributed by atoms with Crippen LogP contribution in [-0.2, 0) is 0 Å². The Morgan fingerprint density at radius 3 is 2.84 bits per heavy atom. The molecular formula is C15H17N3O. The van der Waals surface area contributed by atoms with E-state index in [1.54, 1.807) is 6.20 Å². The molecule has 1 aromatic carbocycles. The number of benzene rings is 1. The van der Waals surface area contributed by atoms with Crippen molar-refractivity contribution in [1.29, 1.82) is 0 Å². The van der Waals surface area contributed by atoms with Gasteiger partial charge >= 0.3 is 0 Å². The summed E-state index contributed by atoms with van der Waals surface area (Å²) in [6.07, 6.45) is 3.72. The molecule has 19 heavy (non-hydrogen) atoms. The van der Waals surface area contributed by atoms with E-state index < -0.39 is 0 Å². The van der Waals surface area contributed by atoms with Crippen LogP contribution in [0.25, 0.3) is 0 Å². The maximum Gasteiger partial charge on any atom is 0.257 e. The van der Waals surface area contributed by atoms with Crippen molar-refractivity contribution in [1.82, 2.24) is 15.1 Å². The van der Waals surface area contributed by atoms with E-state index in [1.807, 2.05) is 30.0 Å². The number of nitrogens with zero attached hydrogens (tertiary/aromatic N) is 2. The summed E-state index contributed by atoms with van der Waals surface area (Å²) in [4.78, 5) is 14.5. The van der Waals surface area contributed by atoms with Crippen LogP contribution >= 0.6 is 0 Å². The molecule has 1 aliphatic rings. The highest BCUT2D eigenvalue weighted by Gasteiger charge is 2.31. The monoisotopic (exact) mass is 255 g/mol. The Morgan fingerprint density at radius 1 is 1.37 bits per heavy atom. The number of H-pyrrole nitrogens is 1. The van der Waals surface area contributed by atoms with E-state index in [0.717, 1.165) is 25.1 Å². The molecule has 1 aliphatic heterocycles. The summed E-state index contributed by atoms with van der Waals surface area (Å²) >= 11 is 0. The summed E-state index contributed by atoms with van der Waals surface area (Å²) in [5.41, 5.74) is 2.74. The molecule has 1 atom stereocenters. The zero-order chi connectivity index (χ0) is 13.2. The average Bonchev–Trinajstić information content (AvgIpc) is 3.07. The largest absolute Gasteiger partial charge is 0.331 e. The van der Waals surface area contributed by atoms with Crippen LogP contribution in [0, 0.1) is 6.92 Å². The third-order valence-corrected chi connectivity index (χ3v) is 3.76. The number of carbonyl (C=O) groups is 1. The van der Waals surface area contributed by atoms with Crippen molar-refractivity contribution in [2.24, 2.45) is 0 Å². The van der Waals surface area contributed by atoms with Gasteiger partial charge in [0.1, 0.15) is 0 Å². The minimum atomic E-state index is 0.0811. The van der Waals surface area contributed by atoms with Gasteiger partial charge in [-0.25, -0.2) is 0 Å². The van der Waals surface area contributed by atoms with Crippen molar-refractivity contribution < 1.29 is 4.79 Å². The Bertz CT molecular complexity index is 576. The van der Waals surface area contributed by atoms with Gasteiger partial charge in [-0.2, -0.15) is 5.10 Å². The molecule has 98 valence electrons. The number of amides is 1. The minimum absolute atomic E-state index is 0.0811. The number of aromatic nitrogens is 2. The highest BCUT2D eigenvalue weighted by Crippen LogP contribution is 2.33. The Hall–Kier alpha value is -2.10. The minimum Gasteiger partial charge on any atom is -0.331 e. The number of carbonyl (C=O) groups excluding carboxylic acids is 1. The molecule has 1 amide bonds. The second kappa shape index (κ2) is 4.88. The standard InChI is InChI=1S/C15H17N3O/c1-11-13(10-16-17-11)15(19)18-9-5-8-14(18)12-6-3-2-4-7-12/h2-4,6-7,10,14H,5,8-9H2,1H3,(H,16,17). The molecule has 0 aliphatic carbocycles. The zero-order valence-corrected chi connectivity index (χ0v) is 11.0. The molecular weight excluding hydrogens is 238 g/mol. The quantitative estimate of drug-likeness (QED) is 0.897. The van der Waals surface area contributed by atoms with Gasteiger partial charge in [-0.05, 0) is 25.3 Å². The van der Waals surface area contributed by atoms with Gasteiger partial charge in [0.15, 0.2) is 0 Å². The second-order valence-electron chi connectivity index (χ2n) is 4.98.